The van der Waals surface area contributed by atoms with Gasteiger partial charge in [0, 0.05) is 10.6 Å². The molecule has 4 heteroatoms. The average molecular weight is 244 g/mol. The van der Waals surface area contributed by atoms with Gasteiger partial charge in [0.05, 0.1) is 15.3 Å². The molecular formula is C13H14BO2P. The third-order valence-electron chi connectivity index (χ3n) is 2.48. The van der Waals surface area contributed by atoms with Crippen molar-refractivity contribution in [3.05, 3.63) is 54.6 Å². The van der Waals surface area contributed by atoms with E-state index in [1.165, 1.54) is 5.30 Å². The number of ether oxygens (including phenoxy) is 1. The summed E-state index contributed by atoms with van der Waals surface area (Å²) in [5.74, 6) is 0.879. The van der Waals surface area contributed by atoms with Gasteiger partial charge in [-0.1, -0.05) is 42.5 Å². The first-order valence-corrected chi connectivity index (χ1v) is 6.65. The van der Waals surface area contributed by atoms with E-state index in [1.807, 2.05) is 36.4 Å². The molecule has 0 saturated carbocycles. The summed E-state index contributed by atoms with van der Waals surface area (Å²) >= 11 is 0. The van der Waals surface area contributed by atoms with Gasteiger partial charge in [-0.05, 0) is 12.1 Å². The zero-order valence-electron chi connectivity index (χ0n) is 9.96. The summed E-state index contributed by atoms with van der Waals surface area (Å²) in [5.41, 5.74) is 0. The maximum absolute atomic E-state index is 5.65. The third kappa shape index (κ3) is 2.69. The van der Waals surface area contributed by atoms with Crippen LogP contribution in [0.3, 0.4) is 0 Å². The largest absolute Gasteiger partial charge is 0.496 e. The van der Waals surface area contributed by atoms with Crippen molar-refractivity contribution in [2.75, 3.05) is 7.11 Å². The van der Waals surface area contributed by atoms with Gasteiger partial charge in [0.2, 0.25) is 0 Å². The smallest absolute Gasteiger partial charge is 0.263 e. The monoisotopic (exact) mass is 244 g/mol. The van der Waals surface area contributed by atoms with Crippen LogP contribution in [-0.4, -0.2) is 15.2 Å². The maximum atomic E-state index is 5.65. The summed E-state index contributed by atoms with van der Waals surface area (Å²) in [6.45, 7) is 0. The quantitative estimate of drug-likeness (QED) is 0.600. The normalized spacial score (nSPS) is 12.1. The molecule has 86 valence electrons. The Morgan fingerprint density at radius 1 is 0.941 bits per heavy atom. The predicted molar refractivity (Wildman–Crippen MR) is 75.3 cm³/mol. The summed E-state index contributed by atoms with van der Waals surface area (Å²) < 4.78 is 11.0. The van der Waals surface area contributed by atoms with Crippen molar-refractivity contribution in [2.45, 2.75) is 0 Å². The fourth-order valence-electron chi connectivity index (χ4n) is 1.70. The fourth-order valence-corrected chi connectivity index (χ4v) is 3.42. The zero-order valence-corrected chi connectivity index (χ0v) is 10.9. The van der Waals surface area contributed by atoms with E-state index in [9.17, 15) is 0 Å². The molecule has 17 heavy (non-hydrogen) atoms. The lowest BCUT2D eigenvalue weighted by Crippen LogP contribution is -2.15. The van der Waals surface area contributed by atoms with Crippen LogP contribution in [0, 0.1) is 0 Å². The van der Waals surface area contributed by atoms with Crippen LogP contribution >= 0.6 is 8.15 Å². The Balaban J connectivity index is 2.42. The van der Waals surface area contributed by atoms with Crippen LogP contribution in [0.5, 0.6) is 5.75 Å². The lowest BCUT2D eigenvalue weighted by molar-refractivity contribution is 0.418. The maximum Gasteiger partial charge on any atom is 0.263 e. The molecule has 0 unspecified atom stereocenters. The van der Waals surface area contributed by atoms with Crippen molar-refractivity contribution in [3.8, 4) is 5.75 Å². The van der Waals surface area contributed by atoms with Gasteiger partial charge in [0.15, 0.2) is 0 Å². The second-order valence-corrected chi connectivity index (χ2v) is 5.44. The molecule has 2 aromatic carbocycles. The van der Waals surface area contributed by atoms with E-state index in [2.05, 4.69) is 18.2 Å². The number of hydrogen-bond acceptors (Lipinski definition) is 2. The first-order chi connectivity index (χ1) is 8.36. The molecule has 0 bridgehead atoms. The molecule has 0 aliphatic heterocycles. The average Bonchev–Trinajstić information content (AvgIpc) is 2.41. The van der Waals surface area contributed by atoms with Crippen LogP contribution in [0.15, 0.2) is 54.6 Å². The number of hydrogen-bond donors (Lipinski definition) is 0. The van der Waals surface area contributed by atoms with Gasteiger partial charge < -0.3 is 9.18 Å². The molecule has 0 heterocycles. The van der Waals surface area contributed by atoms with E-state index in [1.54, 1.807) is 15.2 Å². The molecule has 0 N–H and O–H groups in total. The first-order valence-electron chi connectivity index (χ1n) is 5.39. The molecule has 2 aromatic rings. The van der Waals surface area contributed by atoms with Gasteiger partial charge in [-0.3, -0.25) is 0 Å². The van der Waals surface area contributed by atoms with Gasteiger partial charge in [0.25, 0.3) is 8.05 Å². The van der Waals surface area contributed by atoms with Gasteiger partial charge in [-0.25, -0.2) is 0 Å². The summed E-state index contributed by atoms with van der Waals surface area (Å²) in [6.07, 6.45) is 0. The number of para-hydroxylation sites is 1. The Morgan fingerprint density at radius 2 is 1.59 bits per heavy atom. The van der Waals surface area contributed by atoms with Crippen molar-refractivity contribution in [3.63, 3.8) is 0 Å². The minimum atomic E-state index is -0.800. The minimum absolute atomic E-state index is 0.800. The van der Waals surface area contributed by atoms with Crippen LogP contribution in [0.2, 0.25) is 0 Å². The summed E-state index contributed by atoms with van der Waals surface area (Å²) in [5, 5.41) is 2.30. The summed E-state index contributed by atoms with van der Waals surface area (Å²) in [6, 6.07) is 18.2. The van der Waals surface area contributed by atoms with E-state index in [0.717, 1.165) is 11.1 Å². The van der Waals surface area contributed by atoms with E-state index in [4.69, 9.17) is 9.18 Å². The van der Waals surface area contributed by atoms with Crippen LogP contribution in [0.25, 0.3) is 0 Å². The van der Waals surface area contributed by atoms with Crippen LogP contribution < -0.4 is 15.3 Å². The highest BCUT2D eigenvalue weighted by Gasteiger charge is 2.16. The molecule has 0 fully saturated rings. The van der Waals surface area contributed by atoms with Crippen molar-refractivity contribution in [2.24, 2.45) is 0 Å². The van der Waals surface area contributed by atoms with Gasteiger partial charge >= 0.3 is 0 Å². The van der Waals surface area contributed by atoms with Gasteiger partial charge in [-0.2, -0.15) is 0 Å². The van der Waals surface area contributed by atoms with Gasteiger partial charge in [0.1, 0.15) is 5.75 Å². The van der Waals surface area contributed by atoms with Crippen molar-refractivity contribution in [1.29, 1.82) is 0 Å². The van der Waals surface area contributed by atoms with Crippen molar-refractivity contribution >= 4 is 26.8 Å². The Bertz CT molecular complexity index is 476. The second-order valence-electron chi connectivity index (χ2n) is 3.48. The highest BCUT2D eigenvalue weighted by Crippen LogP contribution is 2.36. The lowest BCUT2D eigenvalue weighted by atomic mass is 10.3. The molecule has 0 saturated heterocycles. The Labute approximate surface area is 104 Å². The van der Waals surface area contributed by atoms with Crippen molar-refractivity contribution in [1.82, 2.24) is 0 Å². The van der Waals surface area contributed by atoms with E-state index in [-0.39, 0.29) is 0 Å². The number of rotatable bonds is 4. The Morgan fingerprint density at radius 3 is 2.24 bits per heavy atom. The molecule has 0 spiro atoms. The number of methoxy groups -OCH3 is 1. The molecule has 2 nitrogen and oxygen atoms in total. The molecule has 0 radical (unpaired) electrons. The molecule has 0 aromatic heterocycles. The molecular weight excluding hydrogens is 230 g/mol. The van der Waals surface area contributed by atoms with Crippen LogP contribution in [0.4, 0.5) is 0 Å². The number of benzene rings is 2. The van der Waals surface area contributed by atoms with E-state index >= 15 is 0 Å². The van der Waals surface area contributed by atoms with Crippen LogP contribution in [0.1, 0.15) is 0 Å². The highest BCUT2D eigenvalue weighted by molar-refractivity contribution is 7.69. The highest BCUT2D eigenvalue weighted by atomic mass is 31.1. The zero-order chi connectivity index (χ0) is 12.1. The minimum Gasteiger partial charge on any atom is -0.496 e. The molecule has 2 rings (SSSR count). The first kappa shape index (κ1) is 12.2. The molecule has 0 aliphatic carbocycles. The predicted octanol–water partition coefficient (Wildman–Crippen LogP) is 1.61. The lowest BCUT2D eigenvalue weighted by Gasteiger charge is -2.18. The Hall–Kier alpha value is -1.31. The Kier molecular flexibility index (Phi) is 4.19. The third-order valence-corrected chi connectivity index (χ3v) is 4.42. The fraction of sp³-hybridized carbons (Fsp3) is 0.0769. The topological polar surface area (TPSA) is 18.5 Å². The van der Waals surface area contributed by atoms with E-state index in [0.29, 0.717) is 0 Å². The summed E-state index contributed by atoms with van der Waals surface area (Å²) in [7, 11) is 2.63. The van der Waals surface area contributed by atoms with Crippen molar-refractivity contribution < 1.29 is 9.18 Å². The molecule has 1 atom stereocenters. The van der Waals surface area contributed by atoms with Crippen LogP contribution in [-0.2, 0) is 4.44 Å². The summed E-state index contributed by atoms with van der Waals surface area (Å²) in [4.78, 5) is 0. The standard InChI is InChI=1S/C13H14BO2P/c1-15-12-9-5-6-10-13(12)17(16-14)11-7-3-2-4-8-11/h2-10H,14H2,1H3/t17-/m1/s1. The molecule has 0 aliphatic rings. The van der Waals surface area contributed by atoms with E-state index < -0.39 is 8.15 Å². The SMILES string of the molecule is BO[P@](c1ccccc1)c1ccccc1OC. The van der Waals surface area contributed by atoms with Gasteiger partial charge in [-0.15, -0.1) is 0 Å². The second kappa shape index (κ2) is 5.86. The molecule has 0 amide bonds.